The minimum absolute atomic E-state index is 0.00526. The van der Waals surface area contributed by atoms with Crippen molar-refractivity contribution in [1.29, 1.82) is 0 Å². The molecule has 4 aromatic rings. The molecule has 1 saturated heterocycles. The van der Waals surface area contributed by atoms with Crippen LogP contribution in [0.3, 0.4) is 0 Å². The van der Waals surface area contributed by atoms with Crippen LogP contribution in [-0.2, 0) is 6.18 Å². The number of para-hydroxylation sites is 2. The Morgan fingerprint density at radius 3 is 2.48 bits per heavy atom. The molecule has 1 aromatic carbocycles. The number of alkyl halides is 3. The number of hydrogen-bond acceptors (Lipinski definition) is 5. The van der Waals surface area contributed by atoms with Gasteiger partial charge in [0.1, 0.15) is 0 Å². The minimum atomic E-state index is -4.64. The number of piperidine rings is 1. The maximum atomic E-state index is 13.3. The molecule has 162 valence electrons. The van der Waals surface area contributed by atoms with Crippen molar-refractivity contribution < 1.29 is 13.2 Å². The second-order valence-electron chi connectivity index (χ2n) is 7.87. The molecule has 0 radical (unpaired) electrons. The topological polar surface area (TPSA) is 84.1 Å². The van der Waals surface area contributed by atoms with Crippen LogP contribution < -0.4 is 10.6 Å². The lowest BCUT2D eigenvalue weighted by molar-refractivity contribution is -0.146. The Hall–Kier alpha value is -3.37. The summed E-state index contributed by atoms with van der Waals surface area (Å²) in [5, 5.41) is 11.3. The molecule has 0 amide bonds. The summed E-state index contributed by atoms with van der Waals surface area (Å²) in [7, 11) is 0. The van der Waals surface area contributed by atoms with Crippen LogP contribution in [0.15, 0.2) is 29.1 Å². The first-order valence-electron chi connectivity index (χ1n) is 9.99. The maximum absolute atomic E-state index is 13.3. The van der Waals surface area contributed by atoms with Crippen molar-refractivity contribution in [2.45, 2.75) is 38.9 Å². The van der Waals surface area contributed by atoms with Crippen LogP contribution in [0.5, 0.6) is 0 Å². The Kier molecular flexibility index (Phi) is 4.31. The number of aromatic amines is 1. The van der Waals surface area contributed by atoms with Gasteiger partial charge in [-0.1, -0.05) is 12.1 Å². The number of aryl methyl sites for hydroxylation is 1. The van der Waals surface area contributed by atoms with Crippen molar-refractivity contribution >= 4 is 22.5 Å². The van der Waals surface area contributed by atoms with Gasteiger partial charge < -0.3 is 9.88 Å². The number of H-pyrrole nitrogens is 1. The van der Waals surface area contributed by atoms with E-state index in [-0.39, 0.29) is 17.4 Å². The number of benzene rings is 1. The molecule has 0 unspecified atom stereocenters. The van der Waals surface area contributed by atoms with Gasteiger partial charge in [-0.05, 0) is 38.8 Å². The van der Waals surface area contributed by atoms with Crippen LogP contribution in [0.4, 0.5) is 19.0 Å². The molecule has 11 heteroatoms. The van der Waals surface area contributed by atoms with Gasteiger partial charge in [0, 0.05) is 30.3 Å². The van der Waals surface area contributed by atoms with Crippen LogP contribution >= 0.6 is 0 Å². The largest absolute Gasteiger partial charge is 0.453 e. The van der Waals surface area contributed by atoms with E-state index in [1.807, 2.05) is 36.1 Å². The van der Waals surface area contributed by atoms with Gasteiger partial charge in [0.25, 0.3) is 5.82 Å². The molecule has 8 nitrogen and oxygen atoms in total. The Bertz CT molecular complexity index is 1340. The van der Waals surface area contributed by atoms with Gasteiger partial charge in [-0.15, -0.1) is 15.3 Å². The summed E-state index contributed by atoms with van der Waals surface area (Å²) in [5.41, 5.74) is 3.00. The monoisotopic (exact) mass is 431 g/mol. The molecule has 3 aromatic heterocycles. The van der Waals surface area contributed by atoms with Gasteiger partial charge in [-0.25, -0.2) is 4.79 Å². The molecule has 31 heavy (non-hydrogen) atoms. The van der Waals surface area contributed by atoms with Gasteiger partial charge in [0.05, 0.1) is 11.0 Å². The molecule has 1 aliphatic heterocycles. The van der Waals surface area contributed by atoms with E-state index in [1.54, 1.807) is 11.5 Å². The lowest BCUT2D eigenvalue weighted by Gasteiger charge is -2.34. The molecule has 1 aliphatic rings. The molecule has 0 atom stereocenters. The highest BCUT2D eigenvalue weighted by Crippen LogP contribution is 2.33. The summed E-state index contributed by atoms with van der Waals surface area (Å²) in [5.74, 6) is -0.646. The van der Waals surface area contributed by atoms with Crippen molar-refractivity contribution in [3.05, 3.63) is 51.7 Å². The molecule has 1 N–H and O–H groups in total. The Morgan fingerprint density at radius 1 is 1.06 bits per heavy atom. The van der Waals surface area contributed by atoms with E-state index < -0.39 is 12.0 Å². The predicted molar refractivity (Wildman–Crippen MR) is 108 cm³/mol. The van der Waals surface area contributed by atoms with Crippen LogP contribution in [0.1, 0.15) is 35.8 Å². The van der Waals surface area contributed by atoms with Crippen molar-refractivity contribution in [3.8, 4) is 0 Å². The van der Waals surface area contributed by atoms with Crippen molar-refractivity contribution in [3.63, 3.8) is 0 Å². The smallest absolute Gasteiger partial charge is 0.355 e. The Labute approximate surface area is 174 Å². The zero-order chi connectivity index (χ0) is 21.9. The van der Waals surface area contributed by atoms with Gasteiger partial charge in [0.2, 0.25) is 0 Å². The molecular formula is C20H20F3N7O. The number of rotatable bonds is 2. The summed E-state index contributed by atoms with van der Waals surface area (Å²) < 4.78 is 42.5. The first kappa shape index (κ1) is 19.6. The molecule has 0 saturated carbocycles. The molecule has 1 fully saturated rings. The summed E-state index contributed by atoms with van der Waals surface area (Å²) in [6.07, 6.45) is -3.29. The number of aromatic nitrogens is 6. The third-order valence-corrected chi connectivity index (χ3v) is 6.08. The predicted octanol–water partition coefficient (Wildman–Crippen LogP) is 3.24. The number of fused-ring (bicyclic) bond motifs is 2. The molecule has 0 aliphatic carbocycles. The zero-order valence-corrected chi connectivity index (χ0v) is 16.9. The van der Waals surface area contributed by atoms with Gasteiger partial charge in [0.15, 0.2) is 11.5 Å². The third-order valence-electron chi connectivity index (χ3n) is 6.08. The normalized spacial score (nSPS) is 16.0. The van der Waals surface area contributed by atoms with E-state index in [0.717, 1.165) is 21.1 Å². The highest BCUT2D eigenvalue weighted by Gasteiger charge is 2.38. The van der Waals surface area contributed by atoms with E-state index in [9.17, 15) is 18.0 Å². The standard InChI is InChI=1S/C20H20F3N7O/c1-11-12(2)17(27-30-16(11)25-26-18(30)20(21,22)23)28-9-7-13(8-10-28)29-15-6-4-3-5-14(15)24-19(29)31/h3-6,13H,7-10H2,1-2H3,(H,24,31). The Balaban J connectivity index is 1.47. The summed E-state index contributed by atoms with van der Waals surface area (Å²) in [6.45, 7) is 4.69. The number of nitrogens with zero attached hydrogens (tertiary/aromatic N) is 6. The average Bonchev–Trinajstić information content (AvgIpc) is 3.31. The fourth-order valence-corrected chi connectivity index (χ4v) is 4.36. The molecular weight excluding hydrogens is 411 g/mol. The highest BCUT2D eigenvalue weighted by atomic mass is 19.4. The number of nitrogens with one attached hydrogen (secondary N) is 1. The van der Waals surface area contributed by atoms with Gasteiger partial charge >= 0.3 is 11.9 Å². The second kappa shape index (κ2) is 6.82. The SMILES string of the molecule is Cc1c(N2CCC(n3c(=O)[nH]c4ccccc43)CC2)nn2c(C(F)(F)F)nnc2c1C. The summed E-state index contributed by atoms with van der Waals surface area (Å²) in [4.78, 5) is 17.3. The van der Waals surface area contributed by atoms with E-state index in [0.29, 0.717) is 37.3 Å². The average molecular weight is 431 g/mol. The summed E-state index contributed by atoms with van der Waals surface area (Å²) >= 11 is 0. The third kappa shape index (κ3) is 3.06. The summed E-state index contributed by atoms with van der Waals surface area (Å²) in [6, 6.07) is 7.55. The molecule has 0 bridgehead atoms. The van der Waals surface area contributed by atoms with Crippen molar-refractivity contribution in [1.82, 2.24) is 29.4 Å². The van der Waals surface area contributed by atoms with E-state index in [1.165, 1.54) is 0 Å². The molecule has 5 rings (SSSR count). The van der Waals surface area contributed by atoms with E-state index in [4.69, 9.17) is 0 Å². The van der Waals surface area contributed by atoms with Crippen molar-refractivity contribution in [2.24, 2.45) is 0 Å². The minimum Gasteiger partial charge on any atom is -0.355 e. The van der Waals surface area contributed by atoms with Gasteiger partial charge in [-0.3, -0.25) is 4.57 Å². The number of anilines is 1. The first-order chi connectivity index (χ1) is 14.8. The van der Waals surface area contributed by atoms with Crippen LogP contribution in [0, 0.1) is 13.8 Å². The first-order valence-corrected chi connectivity index (χ1v) is 9.99. The van der Waals surface area contributed by atoms with Crippen LogP contribution in [0.25, 0.3) is 16.7 Å². The quantitative estimate of drug-likeness (QED) is 0.527. The number of imidazole rings is 1. The van der Waals surface area contributed by atoms with Crippen molar-refractivity contribution in [2.75, 3.05) is 18.0 Å². The highest BCUT2D eigenvalue weighted by molar-refractivity contribution is 5.75. The fraction of sp³-hybridized carbons (Fsp3) is 0.400. The van der Waals surface area contributed by atoms with Gasteiger partial charge in [-0.2, -0.15) is 17.7 Å². The zero-order valence-electron chi connectivity index (χ0n) is 16.9. The molecule has 0 spiro atoms. The van der Waals surface area contributed by atoms with E-state index in [2.05, 4.69) is 20.3 Å². The maximum Gasteiger partial charge on any atom is 0.453 e. The second-order valence-corrected chi connectivity index (χ2v) is 7.87. The molecule has 4 heterocycles. The number of hydrogen-bond donors (Lipinski definition) is 1. The van der Waals surface area contributed by atoms with E-state index >= 15 is 0 Å². The van der Waals surface area contributed by atoms with Crippen LogP contribution in [0.2, 0.25) is 0 Å². The number of halogens is 3. The fourth-order valence-electron chi connectivity index (χ4n) is 4.36. The lowest BCUT2D eigenvalue weighted by atomic mass is 10.0. The lowest BCUT2D eigenvalue weighted by Crippen LogP contribution is -2.38. The van der Waals surface area contributed by atoms with Crippen LogP contribution in [-0.4, -0.2) is 42.5 Å². The Morgan fingerprint density at radius 2 is 1.77 bits per heavy atom.